The van der Waals surface area contributed by atoms with Crippen molar-refractivity contribution in [2.45, 2.75) is 30.2 Å². The van der Waals surface area contributed by atoms with Gasteiger partial charge in [0.25, 0.3) is 0 Å². The Labute approximate surface area is 138 Å². The molecule has 1 aliphatic heterocycles. The molecule has 23 heavy (non-hydrogen) atoms. The average Bonchev–Trinajstić information content (AvgIpc) is 3.01. The fourth-order valence-corrected chi connectivity index (χ4v) is 4.91. The van der Waals surface area contributed by atoms with Crippen molar-refractivity contribution in [1.29, 1.82) is 0 Å². The van der Waals surface area contributed by atoms with Crippen molar-refractivity contribution in [2.24, 2.45) is 0 Å². The SMILES string of the molecule is C=C[C@@H]1[C@@H](c2ccccc2)CCN1S(=O)(=O)c1ccc(C)cc1. The fourth-order valence-electron chi connectivity index (χ4n) is 3.26. The van der Waals surface area contributed by atoms with Crippen LogP contribution in [0.25, 0.3) is 0 Å². The number of benzene rings is 2. The van der Waals surface area contributed by atoms with Gasteiger partial charge in [0.05, 0.1) is 4.90 Å². The summed E-state index contributed by atoms with van der Waals surface area (Å²) in [5.41, 5.74) is 2.21. The van der Waals surface area contributed by atoms with Crippen molar-refractivity contribution in [1.82, 2.24) is 4.31 Å². The van der Waals surface area contributed by atoms with Crippen LogP contribution in [-0.2, 0) is 10.0 Å². The highest BCUT2D eigenvalue weighted by molar-refractivity contribution is 7.89. The number of hydrogen-bond donors (Lipinski definition) is 0. The van der Waals surface area contributed by atoms with E-state index >= 15 is 0 Å². The summed E-state index contributed by atoms with van der Waals surface area (Å²) in [6, 6.07) is 16.9. The lowest BCUT2D eigenvalue weighted by Gasteiger charge is -2.25. The van der Waals surface area contributed by atoms with Gasteiger partial charge in [0.15, 0.2) is 0 Å². The highest BCUT2D eigenvalue weighted by Gasteiger charge is 2.40. The second kappa shape index (κ2) is 6.30. The van der Waals surface area contributed by atoms with E-state index in [9.17, 15) is 8.42 Å². The van der Waals surface area contributed by atoms with Crippen molar-refractivity contribution in [3.63, 3.8) is 0 Å². The molecule has 2 aromatic carbocycles. The predicted molar refractivity (Wildman–Crippen MR) is 92.9 cm³/mol. The maximum Gasteiger partial charge on any atom is 0.243 e. The molecule has 0 spiro atoms. The molecule has 4 heteroatoms. The van der Waals surface area contributed by atoms with Crippen LogP contribution in [0, 0.1) is 6.92 Å². The summed E-state index contributed by atoms with van der Waals surface area (Å²) in [5.74, 6) is 0.161. The van der Waals surface area contributed by atoms with E-state index < -0.39 is 10.0 Å². The van der Waals surface area contributed by atoms with Crippen LogP contribution in [0.2, 0.25) is 0 Å². The molecule has 1 fully saturated rings. The first-order valence-corrected chi connectivity index (χ1v) is 9.24. The smallest absolute Gasteiger partial charge is 0.207 e. The number of rotatable bonds is 4. The molecule has 1 saturated heterocycles. The highest BCUT2D eigenvalue weighted by Crippen LogP contribution is 2.37. The minimum atomic E-state index is -3.50. The molecular weight excluding hydrogens is 306 g/mol. The van der Waals surface area contributed by atoms with Crippen LogP contribution in [0.4, 0.5) is 0 Å². The summed E-state index contributed by atoms with van der Waals surface area (Å²) in [6.07, 6.45) is 2.57. The van der Waals surface area contributed by atoms with Crippen LogP contribution in [0.1, 0.15) is 23.5 Å². The van der Waals surface area contributed by atoms with Gasteiger partial charge < -0.3 is 0 Å². The zero-order valence-corrected chi connectivity index (χ0v) is 14.0. The van der Waals surface area contributed by atoms with Crippen molar-refractivity contribution in [3.05, 3.63) is 78.4 Å². The van der Waals surface area contributed by atoms with Gasteiger partial charge in [-0.3, -0.25) is 0 Å². The zero-order valence-electron chi connectivity index (χ0n) is 13.2. The van der Waals surface area contributed by atoms with Gasteiger partial charge in [0.1, 0.15) is 0 Å². The van der Waals surface area contributed by atoms with Gasteiger partial charge in [-0.15, -0.1) is 6.58 Å². The maximum absolute atomic E-state index is 13.0. The highest BCUT2D eigenvalue weighted by atomic mass is 32.2. The lowest BCUT2D eigenvalue weighted by molar-refractivity contribution is 0.421. The molecule has 1 heterocycles. The van der Waals surface area contributed by atoms with Gasteiger partial charge in [-0.05, 0) is 31.0 Å². The van der Waals surface area contributed by atoms with Crippen LogP contribution in [0.5, 0.6) is 0 Å². The molecule has 0 radical (unpaired) electrons. The van der Waals surface area contributed by atoms with Crippen LogP contribution in [0.15, 0.2) is 72.1 Å². The van der Waals surface area contributed by atoms with Crippen LogP contribution < -0.4 is 0 Å². The van der Waals surface area contributed by atoms with Crippen molar-refractivity contribution < 1.29 is 8.42 Å². The summed E-state index contributed by atoms with van der Waals surface area (Å²) in [6.45, 7) is 6.35. The molecular formula is C19H21NO2S. The van der Waals surface area contributed by atoms with Gasteiger partial charge in [0, 0.05) is 18.5 Å². The Kier molecular flexibility index (Phi) is 4.37. The molecule has 0 saturated carbocycles. The third-order valence-corrected chi connectivity index (χ3v) is 6.41. The minimum Gasteiger partial charge on any atom is -0.207 e. The Morgan fingerprint density at radius 1 is 1.09 bits per heavy atom. The summed E-state index contributed by atoms with van der Waals surface area (Å²) >= 11 is 0. The minimum absolute atomic E-state index is 0.161. The number of nitrogens with zero attached hydrogens (tertiary/aromatic N) is 1. The topological polar surface area (TPSA) is 37.4 Å². The van der Waals surface area contributed by atoms with E-state index in [0.29, 0.717) is 11.4 Å². The number of hydrogen-bond acceptors (Lipinski definition) is 2. The van der Waals surface area contributed by atoms with Crippen molar-refractivity contribution in [2.75, 3.05) is 6.54 Å². The molecule has 3 rings (SSSR count). The third-order valence-electron chi connectivity index (χ3n) is 4.50. The van der Waals surface area contributed by atoms with E-state index in [1.807, 2.05) is 37.3 Å². The molecule has 2 atom stereocenters. The molecule has 3 nitrogen and oxygen atoms in total. The number of sulfonamides is 1. The lowest BCUT2D eigenvalue weighted by atomic mass is 9.92. The first-order valence-electron chi connectivity index (χ1n) is 7.80. The largest absolute Gasteiger partial charge is 0.243 e. The van der Waals surface area contributed by atoms with Gasteiger partial charge in [0.2, 0.25) is 10.0 Å². The summed E-state index contributed by atoms with van der Waals surface area (Å²) < 4.78 is 27.5. The third kappa shape index (κ3) is 2.96. The maximum atomic E-state index is 13.0. The Morgan fingerprint density at radius 3 is 2.35 bits per heavy atom. The molecule has 0 aromatic heterocycles. The van der Waals surface area contributed by atoms with E-state index in [1.165, 1.54) is 5.56 Å². The van der Waals surface area contributed by atoms with E-state index in [4.69, 9.17) is 0 Å². The fraction of sp³-hybridized carbons (Fsp3) is 0.263. The Balaban J connectivity index is 1.94. The average molecular weight is 327 g/mol. The zero-order chi connectivity index (χ0) is 16.4. The van der Waals surface area contributed by atoms with E-state index in [0.717, 1.165) is 12.0 Å². The Bertz CT molecular complexity index is 782. The van der Waals surface area contributed by atoms with E-state index in [1.54, 1.807) is 22.5 Å². The monoisotopic (exact) mass is 327 g/mol. The molecule has 2 aromatic rings. The van der Waals surface area contributed by atoms with E-state index in [2.05, 4.69) is 18.7 Å². The van der Waals surface area contributed by atoms with E-state index in [-0.39, 0.29) is 12.0 Å². The van der Waals surface area contributed by atoms with Gasteiger partial charge in [-0.25, -0.2) is 8.42 Å². The quantitative estimate of drug-likeness (QED) is 0.803. The first-order chi connectivity index (χ1) is 11.0. The van der Waals surface area contributed by atoms with Gasteiger partial charge in [-0.1, -0.05) is 54.1 Å². The predicted octanol–water partition coefficient (Wildman–Crippen LogP) is 3.73. The van der Waals surface area contributed by atoms with Crippen LogP contribution >= 0.6 is 0 Å². The lowest BCUT2D eigenvalue weighted by Crippen LogP contribution is -2.36. The Morgan fingerprint density at radius 2 is 1.74 bits per heavy atom. The van der Waals surface area contributed by atoms with Crippen LogP contribution in [0.3, 0.4) is 0 Å². The van der Waals surface area contributed by atoms with Gasteiger partial charge in [-0.2, -0.15) is 4.31 Å². The molecule has 1 aliphatic rings. The van der Waals surface area contributed by atoms with Crippen molar-refractivity contribution in [3.8, 4) is 0 Å². The molecule has 120 valence electrons. The normalized spacial score (nSPS) is 22.1. The standard InChI is InChI=1S/C19H21NO2S/c1-3-19-18(16-7-5-4-6-8-16)13-14-20(19)23(21,22)17-11-9-15(2)10-12-17/h3-12,18-19H,1,13-14H2,2H3/t18-,19-/m1/s1. The molecule has 0 unspecified atom stereocenters. The summed E-state index contributed by atoms with van der Waals surface area (Å²) in [5, 5.41) is 0. The Hall–Kier alpha value is -1.91. The summed E-state index contributed by atoms with van der Waals surface area (Å²) in [7, 11) is -3.50. The molecule has 0 amide bonds. The first kappa shape index (κ1) is 16.0. The van der Waals surface area contributed by atoms with Gasteiger partial charge >= 0.3 is 0 Å². The summed E-state index contributed by atoms with van der Waals surface area (Å²) in [4.78, 5) is 0.351. The molecule has 0 bridgehead atoms. The molecule has 0 aliphatic carbocycles. The second-order valence-electron chi connectivity index (χ2n) is 5.96. The number of aryl methyl sites for hydroxylation is 1. The molecule has 0 N–H and O–H groups in total. The van der Waals surface area contributed by atoms with Crippen LogP contribution in [-0.4, -0.2) is 25.3 Å². The second-order valence-corrected chi connectivity index (χ2v) is 7.85. The van der Waals surface area contributed by atoms with Crippen molar-refractivity contribution >= 4 is 10.0 Å².